The van der Waals surface area contributed by atoms with Crippen LogP contribution in [0.15, 0.2) is 46.3 Å². The minimum Gasteiger partial charge on any atom is -0.270 e. The lowest BCUT2D eigenvalue weighted by Crippen LogP contribution is -2.22. The predicted molar refractivity (Wildman–Crippen MR) is 66.1 cm³/mol. The molecule has 0 saturated heterocycles. The monoisotopic (exact) mass is 245 g/mol. The van der Waals surface area contributed by atoms with Crippen molar-refractivity contribution in [2.45, 2.75) is 6.54 Å². The first-order chi connectivity index (χ1) is 8.24. The van der Waals surface area contributed by atoms with E-state index in [0.717, 1.165) is 11.3 Å². The maximum absolute atomic E-state index is 11.5. The molecular weight excluding hydrogens is 238 g/mol. The SMILES string of the molecule is O=c1nccc2n1CC(c1ccc(Cl)cc1)=N2. The minimum absolute atomic E-state index is 0.268. The van der Waals surface area contributed by atoms with Crippen LogP contribution in [0.1, 0.15) is 5.56 Å². The molecule has 0 unspecified atom stereocenters. The quantitative estimate of drug-likeness (QED) is 0.772. The van der Waals surface area contributed by atoms with Gasteiger partial charge in [0, 0.05) is 11.2 Å². The summed E-state index contributed by atoms with van der Waals surface area (Å²) in [6.45, 7) is 0.462. The molecule has 0 atom stereocenters. The van der Waals surface area contributed by atoms with Gasteiger partial charge in [0.05, 0.1) is 12.3 Å². The minimum atomic E-state index is -0.268. The average Bonchev–Trinajstić information content (AvgIpc) is 2.75. The Morgan fingerprint density at radius 3 is 2.65 bits per heavy atom. The maximum Gasteiger partial charge on any atom is 0.349 e. The van der Waals surface area contributed by atoms with Crippen molar-refractivity contribution in [2.75, 3.05) is 0 Å². The zero-order chi connectivity index (χ0) is 11.8. The number of hydrogen-bond acceptors (Lipinski definition) is 3. The first kappa shape index (κ1) is 10.2. The molecule has 1 aliphatic rings. The highest BCUT2D eigenvalue weighted by molar-refractivity contribution is 6.30. The molecule has 0 N–H and O–H groups in total. The van der Waals surface area contributed by atoms with Crippen molar-refractivity contribution in [3.63, 3.8) is 0 Å². The van der Waals surface area contributed by atoms with Gasteiger partial charge < -0.3 is 0 Å². The Bertz CT molecular complexity index is 658. The van der Waals surface area contributed by atoms with E-state index in [1.807, 2.05) is 24.3 Å². The zero-order valence-electron chi connectivity index (χ0n) is 8.80. The van der Waals surface area contributed by atoms with Gasteiger partial charge in [0.2, 0.25) is 0 Å². The Balaban J connectivity index is 2.03. The first-order valence-electron chi connectivity index (χ1n) is 5.13. The molecule has 17 heavy (non-hydrogen) atoms. The molecule has 1 aromatic carbocycles. The second-order valence-electron chi connectivity index (χ2n) is 3.74. The van der Waals surface area contributed by atoms with Gasteiger partial charge in [-0.1, -0.05) is 23.7 Å². The number of aromatic nitrogens is 2. The lowest BCUT2D eigenvalue weighted by atomic mass is 10.1. The lowest BCUT2D eigenvalue weighted by molar-refractivity contribution is 0.798. The van der Waals surface area contributed by atoms with Crippen molar-refractivity contribution < 1.29 is 0 Å². The van der Waals surface area contributed by atoms with E-state index in [4.69, 9.17) is 11.6 Å². The maximum atomic E-state index is 11.5. The van der Waals surface area contributed by atoms with Crippen LogP contribution in [0, 0.1) is 0 Å². The molecule has 0 spiro atoms. The smallest absolute Gasteiger partial charge is 0.270 e. The number of fused-ring (bicyclic) bond motifs is 1. The third-order valence-corrected chi connectivity index (χ3v) is 2.90. The molecule has 1 aromatic heterocycles. The van der Waals surface area contributed by atoms with Gasteiger partial charge in [-0.3, -0.25) is 4.57 Å². The average molecular weight is 246 g/mol. The van der Waals surface area contributed by atoms with Crippen LogP contribution in [0.2, 0.25) is 5.02 Å². The van der Waals surface area contributed by atoms with Gasteiger partial charge in [0.1, 0.15) is 5.82 Å². The second kappa shape index (κ2) is 3.82. The van der Waals surface area contributed by atoms with Crippen molar-refractivity contribution in [2.24, 2.45) is 4.99 Å². The Morgan fingerprint density at radius 1 is 1.18 bits per heavy atom. The molecule has 5 heteroatoms. The molecule has 84 valence electrons. The van der Waals surface area contributed by atoms with Gasteiger partial charge >= 0.3 is 5.69 Å². The van der Waals surface area contributed by atoms with Crippen LogP contribution in [0.5, 0.6) is 0 Å². The van der Waals surface area contributed by atoms with Crippen molar-refractivity contribution in [1.29, 1.82) is 0 Å². The zero-order valence-corrected chi connectivity index (χ0v) is 9.55. The number of rotatable bonds is 1. The van der Waals surface area contributed by atoms with Gasteiger partial charge in [-0.05, 0) is 23.8 Å². The van der Waals surface area contributed by atoms with E-state index in [0.29, 0.717) is 17.4 Å². The molecule has 3 rings (SSSR count). The topological polar surface area (TPSA) is 47.2 Å². The van der Waals surface area contributed by atoms with Gasteiger partial charge in [0.15, 0.2) is 0 Å². The summed E-state index contributed by atoms with van der Waals surface area (Å²) in [6.07, 6.45) is 1.47. The van der Waals surface area contributed by atoms with E-state index in [1.165, 1.54) is 6.20 Å². The molecule has 0 saturated carbocycles. The van der Waals surface area contributed by atoms with Crippen LogP contribution in [-0.4, -0.2) is 15.3 Å². The molecule has 0 amide bonds. The molecule has 2 heterocycles. The largest absolute Gasteiger partial charge is 0.349 e. The van der Waals surface area contributed by atoms with Crippen LogP contribution in [0.4, 0.5) is 5.82 Å². The highest BCUT2D eigenvalue weighted by Gasteiger charge is 2.16. The van der Waals surface area contributed by atoms with Gasteiger partial charge in [-0.15, -0.1) is 0 Å². The third kappa shape index (κ3) is 1.76. The van der Waals surface area contributed by atoms with Crippen molar-refractivity contribution in [3.8, 4) is 0 Å². The summed E-state index contributed by atoms with van der Waals surface area (Å²) >= 11 is 5.83. The fourth-order valence-electron chi connectivity index (χ4n) is 1.79. The normalized spacial score (nSPS) is 13.4. The first-order valence-corrected chi connectivity index (χ1v) is 5.51. The molecule has 4 nitrogen and oxygen atoms in total. The second-order valence-corrected chi connectivity index (χ2v) is 4.17. The number of hydrogen-bond donors (Lipinski definition) is 0. The molecule has 2 aromatic rings. The van der Waals surface area contributed by atoms with Crippen molar-refractivity contribution in [1.82, 2.24) is 9.55 Å². The number of nitrogens with zero attached hydrogens (tertiary/aromatic N) is 3. The van der Waals surface area contributed by atoms with Crippen molar-refractivity contribution in [3.05, 3.63) is 57.6 Å². The molecule has 0 bridgehead atoms. The molecule has 1 aliphatic heterocycles. The Hall–Kier alpha value is -1.94. The summed E-state index contributed by atoms with van der Waals surface area (Å²) in [5.74, 6) is 0.648. The van der Waals surface area contributed by atoms with Crippen LogP contribution in [-0.2, 0) is 6.54 Å². The summed E-state index contributed by atoms with van der Waals surface area (Å²) in [4.78, 5) is 19.6. The Kier molecular flexibility index (Phi) is 2.30. The molecule has 0 aliphatic carbocycles. The summed E-state index contributed by atoms with van der Waals surface area (Å²) < 4.78 is 1.55. The van der Waals surface area contributed by atoms with E-state index in [-0.39, 0.29) is 5.69 Å². The lowest BCUT2D eigenvalue weighted by Gasteiger charge is -2.00. The van der Waals surface area contributed by atoms with E-state index >= 15 is 0 Å². The van der Waals surface area contributed by atoms with Crippen LogP contribution in [0.3, 0.4) is 0 Å². The highest BCUT2D eigenvalue weighted by atomic mass is 35.5. The van der Waals surface area contributed by atoms with Gasteiger partial charge in [0.25, 0.3) is 0 Å². The van der Waals surface area contributed by atoms with E-state index < -0.39 is 0 Å². The number of benzene rings is 1. The van der Waals surface area contributed by atoms with Gasteiger partial charge in [-0.2, -0.15) is 0 Å². The number of aliphatic imine (C=N–C) groups is 1. The Morgan fingerprint density at radius 2 is 1.94 bits per heavy atom. The Labute approximate surface area is 102 Å². The summed E-state index contributed by atoms with van der Waals surface area (Å²) in [6, 6.07) is 9.13. The summed E-state index contributed by atoms with van der Waals surface area (Å²) in [5.41, 5.74) is 1.56. The predicted octanol–water partition coefficient (Wildman–Crippen LogP) is 2.03. The van der Waals surface area contributed by atoms with E-state index in [2.05, 4.69) is 9.98 Å². The summed E-state index contributed by atoms with van der Waals surface area (Å²) in [7, 11) is 0. The summed E-state index contributed by atoms with van der Waals surface area (Å²) in [5, 5.41) is 0.684. The fourth-order valence-corrected chi connectivity index (χ4v) is 1.92. The van der Waals surface area contributed by atoms with Crippen molar-refractivity contribution >= 4 is 23.1 Å². The van der Waals surface area contributed by atoms with E-state index in [9.17, 15) is 4.79 Å². The van der Waals surface area contributed by atoms with Crippen LogP contribution < -0.4 is 5.69 Å². The third-order valence-electron chi connectivity index (χ3n) is 2.65. The number of halogens is 1. The highest BCUT2D eigenvalue weighted by Crippen LogP contribution is 2.20. The standard InChI is InChI=1S/C12H8ClN3O/c13-9-3-1-8(2-4-9)10-7-16-11(15-10)5-6-14-12(16)17/h1-6H,7H2. The molecular formula is C12H8ClN3O. The van der Waals surface area contributed by atoms with Crippen LogP contribution >= 0.6 is 11.6 Å². The van der Waals surface area contributed by atoms with Gasteiger partial charge in [-0.25, -0.2) is 14.8 Å². The fraction of sp³-hybridized carbons (Fsp3) is 0.0833. The van der Waals surface area contributed by atoms with E-state index in [1.54, 1.807) is 10.6 Å². The van der Waals surface area contributed by atoms with Crippen LogP contribution in [0.25, 0.3) is 0 Å². The molecule has 0 radical (unpaired) electrons. The molecule has 0 fully saturated rings.